The maximum Gasteiger partial charge on any atom is 0.240 e. The van der Waals surface area contributed by atoms with Gasteiger partial charge in [0, 0.05) is 12.2 Å². The Hall–Kier alpha value is -1.85. The largest absolute Gasteiger partial charge is 0.398 e. The maximum absolute atomic E-state index is 12.3. The van der Waals surface area contributed by atoms with Crippen molar-refractivity contribution < 1.29 is 8.42 Å². The third kappa shape index (κ3) is 3.83. The van der Waals surface area contributed by atoms with E-state index in [9.17, 15) is 8.42 Å². The highest BCUT2D eigenvalue weighted by Crippen LogP contribution is 2.18. The number of sulfonamides is 1. The van der Waals surface area contributed by atoms with Crippen LogP contribution in [0.15, 0.2) is 47.4 Å². The molecule has 0 aromatic heterocycles. The second-order valence-corrected chi connectivity index (χ2v) is 6.79. The Labute approximate surface area is 126 Å². The highest BCUT2D eigenvalue weighted by molar-refractivity contribution is 7.89. The molecule has 4 nitrogen and oxygen atoms in total. The van der Waals surface area contributed by atoms with Crippen LogP contribution in [0.4, 0.5) is 5.69 Å². The van der Waals surface area contributed by atoms with Gasteiger partial charge in [-0.3, -0.25) is 0 Å². The van der Waals surface area contributed by atoms with Crippen LogP contribution < -0.4 is 10.5 Å². The molecule has 0 bridgehead atoms. The van der Waals surface area contributed by atoms with E-state index in [4.69, 9.17) is 5.73 Å². The summed E-state index contributed by atoms with van der Waals surface area (Å²) in [5.41, 5.74) is 9.35. The number of anilines is 1. The van der Waals surface area contributed by atoms with Crippen LogP contribution in [0.3, 0.4) is 0 Å². The first-order valence-electron chi connectivity index (χ1n) is 6.86. The number of nitrogen functional groups attached to an aromatic ring is 1. The van der Waals surface area contributed by atoms with E-state index in [1.807, 2.05) is 38.1 Å². The fourth-order valence-corrected chi connectivity index (χ4v) is 3.20. The van der Waals surface area contributed by atoms with Crippen LogP contribution in [0.1, 0.15) is 23.6 Å². The first-order chi connectivity index (χ1) is 9.92. The maximum atomic E-state index is 12.3. The SMILES string of the molecule is CCc1ccc(S(=O)(=O)NCc2cccc(C)c2)cc1N. The van der Waals surface area contributed by atoms with Crippen LogP contribution in [0.25, 0.3) is 0 Å². The van der Waals surface area contributed by atoms with Crippen molar-refractivity contribution in [1.82, 2.24) is 4.72 Å². The number of rotatable bonds is 5. The second-order valence-electron chi connectivity index (χ2n) is 5.03. The number of hydrogen-bond donors (Lipinski definition) is 2. The van der Waals surface area contributed by atoms with Gasteiger partial charge in [0.2, 0.25) is 10.0 Å². The van der Waals surface area contributed by atoms with E-state index in [0.29, 0.717) is 5.69 Å². The van der Waals surface area contributed by atoms with Crippen molar-refractivity contribution in [2.45, 2.75) is 31.7 Å². The van der Waals surface area contributed by atoms with Crippen LogP contribution >= 0.6 is 0 Å². The first kappa shape index (κ1) is 15.5. The summed E-state index contributed by atoms with van der Waals surface area (Å²) in [6.45, 7) is 4.22. The van der Waals surface area contributed by atoms with Gasteiger partial charge in [-0.05, 0) is 36.6 Å². The van der Waals surface area contributed by atoms with E-state index in [1.165, 1.54) is 6.07 Å². The minimum absolute atomic E-state index is 0.199. The van der Waals surface area contributed by atoms with Crippen molar-refractivity contribution in [1.29, 1.82) is 0 Å². The van der Waals surface area contributed by atoms with Crippen molar-refractivity contribution in [3.05, 3.63) is 59.2 Å². The summed E-state index contributed by atoms with van der Waals surface area (Å²) >= 11 is 0. The molecule has 2 rings (SSSR count). The van der Waals surface area contributed by atoms with Crippen molar-refractivity contribution in [2.24, 2.45) is 0 Å². The zero-order chi connectivity index (χ0) is 15.5. The Bertz CT molecular complexity index is 740. The first-order valence-corrected chi connectivity index (χ1v) is 8.34. The Morgan fingerprint density at radius 1 is 1.14 bits per heavy atom. The van der Waals surface area contributed by atoms with Crippen LogP contribution in [0.5, 0.6) is 0 Å². The smallest absolute Gasteiger partial charge is 0.240 e. The van der Waals surface area contributed by atoms with E-state index in [-0.39, 0.29) is 11.4 Å². The molecule has 2 aromatic rings. The van der Waals surface area contributed by atoms with Crippen molar-refractivity contribution in [2.75, 3.05) is 5.73 Å². The molecule has 5 heteroatoms. The zero-order valence-corrected chi connectivity index (χ0v) is 13.1. The number of hydrogen-bond acceptors (Lipinski definition) is 3. The molecule has 112 valence electrons. The highest BCUT2D eigenvalue weighted by atomic mass is 32.2. The molecule has 3 N–H and O–H groups in total. The van der Waals surface area contributed by atoms with Gasteiger partial charge in [-0.1, -0.05) is 42.8 Å². The lowest BCUT2D eigenvalue weighted by molar-refractivity contribution is 0.581. The molecule has 2 aromatic carbocycles. The topological polar surface area (TPSA) is 72.2 Å². The number of nitrogens with two attached hydrogens (primary N) is 1. The van der Waals surface area contributed by atoms with E-state index in [1.54, 1.807) is 12.1 Å². The van der Waals surface area contributed by atoms with Gasteiger partial charge < -0.3 is 5.73 Å². The van der Waals surface area contributed by atoms with Gasteiger partial charge in [0.05, 0.1) is 4.90 Å². The molecule has 21 heavy (non-hydrogen) atoms. The predicted octanol–water partition coefficient (Wildman–Crippen LogP) is 2.62. The third-order valence-electron chi connectivity index (χ3n) is 3.36. The Morgan fingerprint density at radius 2 is 1.90 bits per heavy atom. The van der Waals surface area contributed by atoms with Crippen molar-refractivity contribution in [3.8, 4) is 0 Å². The normalized spacial score (nSPS) is 11.5. The van der Waals surface area contributed by atoms with E-state index in [0.717, 1.165) is 23.1 Å². The van der Waals surface area contributed by atoms with Gasteiger partial charge in [0.25, 0.3) is 0 Å². The second kappa shape index (κ2) is 6.28. The molecule has 0 amide bonds. The van der Waals surface area contributed by atoms with Crippen LogP contribution in [-0.2, 0) is 23.0 Å². The summed E-state index contributed by atoms with van der Waals surface area (Å²) < 4.78 is 27.2. The van der Waals surface area contributed by atoms with Crippen LogP contribution in [-0.4, -0.2) is 8.42 Å². The Balaban J connectivity index is 2.17. The zero-order valence-electron chi connectivity index (χ0n) is 12.3. The van der Waals surface area contributed by atoms with Crippen molar-refractivity contribution >= 4 is 15.7 Å². The average Bonchev–Trinajstić information content (AvgIpc) is 2.45. The van der Waals surface area contributed by atoms with Gasteiger partial charge in [-0.15, -0.1) is 0 Å². The quantitative estimate of drug-likeness (QED) is 0.834. The minimum atomic E-state index is -3.55. The summed E-state index contributed by atoms with van der Waals surface area (Å²) in [5, 5.41) is 0. The molecule has 0 heterocycles. The minimum Gasteiger partial charge on any atom is -0.398 e. The summed E-state index contributed by atoms with van der Waals surface area (Å²) in [6, 6.07) is 12.6. The average molecular weight is 304 g/mol. The molecule has 0 spiro atoms. The summed E-state index contributed by atoms with van der Waals surface area (Å²) in [5.74, 6) is 0. The molecule has 0 fully saturated rings. The summed E-state index contributed by atoms with van der Waals surface area (Å²) in [6.07, 6.45) is 0.781. The van der Waals surface area contributed by atoms with Gasteiger partial charge in [-0.2, -0.15) is 0 Å². The highest BCUT2D eigenvalue weighted by Gasteiger charge is 2.14. The van der Waals surface area contributed by atoms with Crippen molar-refractivity contribution in [3.63, 3.8) is 0 Å². The summed E-state index contributed by atoms with van der Waals surface area (Å²) in [7, 11) is -3.55. The van der Waals surface area contributed by atoms with E-state index >= 15 is 0 Å². The predicted molar refractivity (Wildman–Crippen MR) is 85.4 cm³/mol. The lowest BCUT2D eigenvalue weighted by atomic mass is 10.1. The van der Waals surface area contributed by atoms with Gasteiger partial charge >= 0.3 is 0 Å². The molecule has 0 aliphatic rings. The Morgan fingerprint density at radius 3 is 2.52 bits per heavy atom. The Kier molecular flexibility index (Phi) is 4.65. The van der Waals surface area contributed by atoms with Gasteiger partial charge in [0.15, 0.2) is 0 Å². The molecule has 0 saturated carbocycles. The number of benzene rings is 2. The molecule has 0 atom stereocenters. The van der Waals surface area contributed by atoms with Gasteiger partial charge in [0.1, 0.15) is 0 Å². The number of aryl methyl sites for hydroxylation is 2. The lowest BCUT2D eigenvalue weighted by Gasteiger charge is -2.10. The molecular weight excluding hydrogens is 284 g/mol. The molecular formula is C16H20N2O2S. The molecule has 0 aliphatic heterocycles. The summed E-state index contributed by atoms with van der Waals surface area (Å²) in [4.78, 5) is 0.199. The molecule has 0 saturated heterocycles. The third-order valence-corrected chi connectivity index (χ3v) is 4.76. The standard InChI is InChI=1S/C16H20N2O2S/c1-3-14-7-8-15(10-16(14)17)21(19,20)18-11-13-6-4-5-12(2)9-13/h4-10,18H,3,11,17H2,1-2H3. The lowest BCUT2D eigenvalue weighted by Crippen LogP contribution is -2.23. The number of nitrogens with one attached hydrogen (secondary N) is 1. The monoisotopic (exact) mass is 304 g/mol. The molecule has 0 unspecified atom stereocenters. The van der Waals surface area contributed by atoms with E-state index in [2.05, 4.69) is 4.72 Å². The van der Waals surface area contributed by atoms with Crippen LogP contribution in [0, 0.1) is 6.92 Å². The van der Waals surface area contributed by atoms with E-state index < -0.39 is 10.0 Å². The fourth-order valence-electron chi connectivity index (χ4n) is 2.15. The fraction of sp³-hybridized carbons (Fsp3) is 0.250. The van der Waals surface area contributed by atoms with Gasteiger partial charge in [-0.25, -0.2) is 13.1 Å². The molecule has 0 aliphatic carbocycles. The molecule has 0 radical (unpaired) electrons. The van der Waals surface area contributed by atoms with Crippen LogP contribution in [0.2, 0.25) is 0 Å².